The smallest absolute Gasteiger partial charge is 0.253 e. The Balaban J connectivity index is 2.02. The van der Waals surface area contributed by atoms with E-state index in [2.05, 4.69) is 12.2 Å². The van der Waals surface area contributed by atoms with Crippen LogP contribution in [0.4, 0.5) is 11.4 Å². The molecule has 2 atom stereocenters. The first-order valence-corrected chi connectivity index (χ1v) is 6.90. The third-order valence-electron chi connectivity index (χ3n) is 3.63. The molecule has 1 amide bonds. The quantitative estimate of drug-likeness (QED) is 0.801. The Labute approximate surface area is 115 Å². The molecule has 104 valence electrons. The van der Waals surface area contributed by atoms with Gasteiger partial charge in [0.15, 0.2) is 0 Å². The Morgan fingerprint density at radius 1 is 1.47 bits per heavy atom. The molecule has 2 rings (SSSR count). The van der Waals surface area contributed by atoms with Crippen molar-refractivity contribution in [2.24, 2.45) is 5.92 Å². The highest BCUT2D eigenvalue weighted by molar-refractivity contribution is 5.95. The van der Waals surface area contributed by atoms with E-state index in [0.717, 1.165) is 11.6 Å². The fraction of sp³-hybridized carbons (Fsp3) is 0.533. The van der Waals surface area contributed by atoms with Crippen LogP contribution in [0.2, 0.25) is 0 Å². The summed E-state index contributed by atoms with van der Waals surface area (Å²) in [5, 5.41) is 3.46. The summed E-state index contributed by atoms with van der Waals surface area (Å²) in [7, 11) is 3.48. The Hall–Kier alpha value is -1.71. The van der Waals surface area contributed by atoms with Crippen LogP contribution >= 0.6 is 0 Å². The molecule has 3 N–H and O–H groups in total. The molecule has 0 bridgehead atoms. The number of rotatable bonds is 5. The standard InChI is InChI=1S/C15H23N3O/c1-4-5-10-9-14(10)17-13-7-6-11(8-12(13)16)15(19)18(2)3/h6-8,10,14,17H,4-5,9,16H2,1-3H3. The lowest BCUT2D eigenvalue weighted by Crippen LogP contribution is -2.21. The van der Waals surface area contributed by atoms with Crippen LogP contribution in [0.5, 0.6) is 0 Å². The van der Waals surface area contributed by atoms with Gasteiger partial charge in [0, 0.05) is 25.7 Å². The number of nitrogen functional groups attached to an aromatic ring is 1. The maximum atomic E-state index is 11.8. The molecule has 0 radical (unpaired) electrons. The molecule has 1 aliphatic carbocycles. The van der Waals surface area contributed by atoms with Gasteiger partial charge in [-0.3, -0.25) is 4.79 Å². The summed E-state index contributed by atoms with van der Waals surface area (Å²) >= 11 is 0. The van der Waals surface area contributed by atoms with E-state index in [-0.39, 0.29) is 5.91 Å². The van der Waals surface area contributed by atoms with Gasteiger partial charge in [-0.15, -0.1) is 0 Å². The van der Waals surface area contributed by atoms with Gasteiger partial charge in [-0.2, -0.15) is 0 Å². The van der Waals surface area contributed by atoms with Gasteiger partial charge in [-0.25, -0.2) is 0 Å². The minimum Gasteiger partial charge on any atom is -0.397 e. The summed E-state index contributed by atoms with van der Waals surface area (Å²) in [6, 6.07) is 6.05. The van der Waals surface area contributed by atoms with Crippen molar-refractivity contribution < 1.29 is 4.79 Å². The summed E-state index contributed by atoms with van der Waals surface area (Å²) in [5.41, 5.74) is 8.25. The lowest BCUT2D eigenvalue weighted by Gasteiger charge is -2.13. The van der Waals surface area contributed by atoms with Crippen LogP contribution in [0.15, 0.2) is 18.2 Å². The molecule has 1 aromatic carbocycles. The number of hydrogen-bond donors (Lipinski definition) is 2. The minimum absolute atomic E-state index is 0.0199. The highest BCUT2D eigenvalue weighted by Gasteiger charge is 2.36. The summed E-state index contributed by atoms with van der Waals surface area (Å²) in [6.45, 7) is 2.21. The summed E-state index contributed by atoms with van der Waals surface area (Å²) in [5.74, 6) is 0.765. The second-order valence-corrected chi connectivity index (χ2v) is 5.54. The zero-order chi connectivity index (χ0) is 14.0. The molecule has 0 heterocycles. The van der Waals surface area contributed by atoms with Crippen LogP contribution in [0.1, 0.15) is 36.5 Å². The molecule has 0 aliphatic heterocycles. The monoisotopic (exact) mass is 261 g/mol. The average Bonchev–Trinajstić information content (AvgIpc) is 3.09. The van der Waals surface area contributed by atoms with E-state index in [9.17, 15) is 4.79 Å². The highest BCUT2D eigenvalue weighted by atomic mass is 16.2. The fourth-order valence-corrected chi connectivity index (χ4v) is 2.40. The maximum Gasteiger partial charge on any atom is 0.253 e. The van der Waals surface area contributed by atoms with Crippen LogP contribution in [0.25, 0.3) is 0 Å². The van der Waals surface area contributed by atoms with Crippen molar-refractivity contribution >= 4 is 17.3 Å². The number of amides is 1. The first-order chi connectivity index (χ1) is 9.02. The van der Waals surface area contributed by atoms with Crippen molar-refractivity contribution in [2.45, 2.75) is 32.2 Å². The third-order valence-corrected chi connectivity index (χ3v) is 3.63. The van der Waals surface area contributed by atoms with Crippen molar-refractivity contribution in [1.82, 2.24) is 4.90 Å². The number of nitrogens with zero attached hydrogens (tertiary/aromatic N) is 1. The lowest BCUT2D eigenvalue weighted by atomic mass is 10.1. The maximum absolute atomic E-state index is 11.8. The number of carbonyl (C=O) groups is 1. The number of benzene rings is 1. The minimum atomic E-state index is -0.0199. The van der Waals surface area contributed by atoms with Crippen molar-refractivity contribution in [3.8, 4) is 0 Å². The molecule has 0 spiro atoms. The number of nitrogens with two attached hydrogens (primary N) is 1. The molecule has 1 fully saturated rings. The number of anilines is 2. The zero-order valence-corrected chi connectivity index (χ0v) is 11.9. The van der Waals surface area contributed by atoms with Crippen LogP contribution in [0, 0.1) is 5.92 Å². The molecule has 0 saturated heterocycles. The van der Waals surface area contributed by atoms with E-state index < -0.39 is 0 Å². The largest absolute Gasteiger partial charge is 0.397 e. The Kier molecular flexibility index (Phi) is 3.98. The topological polar surface area (TPSA) is 58.4 Å². The summed E-state index contributed by atoms with van der Waals surface area (Å²) in [4.78, 5) is 13.4. The van der Waals surface area contributed by atoms with Gasteiger partial charge in [-0.05, 0) is 37.0 Å². The molecule has 4 heteroatoms. The number of nitrogens with one attached hydrogen (secondary N) is 1. The second kappa shape index (κ2) is 5.51. The van der Waals surface area contributed by atoms with E-state index >= 15 is 0 Å². The third kappa shape index (κ3) is 3.19. The van der Waals surface area contributed by atoms with Crippen LogP contribution < -0.4 is 11.1 Å². The van der Waals surface area contributed by atoms with Crippen molar-refractivity contribution in [2.75, 3.05) is 25.1 Å². The molecule has 19 heavy (non-hydrogen) atoms. The van der Waals surface area contributed by atoms with Gasteiger partial charge in [-0.1, -0.05) is 13.3 Å². The van der Waals surface area contributed by atoms with Crippen molar-refractivity contribution in [1.29, 1.82) is 0 Å². The first-order valence-electron chi connectivity index (χ1n) is 6.90. The Bertz CT molecular complexity index is 470. The Morgan fingerprint density at radius 3 is 2.79 bits per heavy atom. The highest BCUT2D eigenvalue weighted by Crippen LogP contribution is 2.38. The summed E-state index contributed by atoms with van der Waals surface area (Å²) < 4.78 is 0. The fourth-order valence-electron chi connectivity index (χ4n) is 2.40. The predicted octanol–water partition coefficient (Wildman–Crippen LogP) is 2.57. The first kappa shape index (κ1) is 13.7. The van der Waals surface area contributed by atoms with Gasteiger partial charge < -0.3 is 16.0 Å². The lowest BCUT2D eigenvalue weighted by molar-refractivity contribution is 0.0827. The molecule has 0 aromatic heterocycles. The molecule has 1 aromatic rings. The van der Waals surface area contributed by atoms with Crippen LogP contribution in [0.3, 0.4) is 0 Å². The normalized spacial score (nSPS) is 21.0. The predicted molar refractivity (Wildman–Crippen MR) is 79.3 cm³/mol. The van der Waals surface area contributed by atoms with Gasteiger partial charge >= 0.3 is 0 Å². The van der Waals surface area contributed by atoms with Crippen LogP contribution in [-0.4, -0.2) is 30.9 Å². The van der Waals surface area contributed by atoms with Crippen molar-refractivity contribution in [3.63, 3.8) is 0 Å². The number of hydrogen-bond acceptors (Lipinski definition) is 3. The van der Waals surface area contributed by atoms with Gasteiger partial charge in [0.25, 0.3) is 5.91 Å². The summed E-state index contributed by atoms with van der Waals surface area (Å²) in [6.07, 6.45) is 3.73. The Morgan fingerprint density at radius 2 is 2.21 bits per heavy atom. The van der Waals surface area contributed by atoms with Crippen LogP contribution in [-0.2, 0) is 0 Å². The zero-order valence-electron chi connectivity index (χ0n) is 11.9. The van der Waals surface area contributed by atoms with E-state index in [1.807, 2.05) is 12.1 Å². The molecule has 1 saturated carbocycles. The SMILES string of the molecule is CCCC1CC1Nc1ccc(C(=O)N(C)C)cc1N. The molecule has 1 aliphatic rings. The van der Waals surface area contributed by atoms with E-state index in [1.54, 1.807) is 25.1 Å². The van der Waals surface area contributed by atoms with E-state index in [0.29, 0.717) is 17.3 Å². The van der Waals surface area contributed by atoms with Gasteiger partial charge in [0.1, 0.15) is 0 Å². The van der Waals surface area contributed by atoms with E-state index in [4.69, 9.17) is 5.73 Å². The molecular formula is C15H23N3O. The number of carbonyl (C=O) groups excluding carboxylic acids is 1. The van der Waals surface area contributed by atoms with Gasteiger partial charge in [0.2, 0.25) is 0 Å². The second-order valence-electron chi connectivity index (χ2n) is 5.54. The van der Waals surface area contributed by atoms with Crippen molar-refractivity contribution in [3.05, 3.63) is 23.8 Å². The van der Waals surface area contributed by atoms with E-state index in [1.165, 1.54) is 19.3 Å². The molecule has 2 unspecified atom stereocenters. The average molecular weight is 261 g/mol. The molecule has 4 nitrogen and oxygen atoms in total. The molecular weight excluding hydrogens is 238 g/mol. The van der Waals surface area contributed by atoms with Gasteiger partial charge in [0.05, 0.1) is 11.4 Å².